The Morgan fingerprint density at radius 2 is 2.12 bits per heavy atom. The molecule has 10 nitrogen and oxygen atoms in total. The van der Waals surface area contributed by atoms with Crippen LogP contribution in [0, 0.1) is 0 Å². The minimum atomic E-state index is -1.21. The number of nitrogen functional groups attached to an aromatic ring is 1. The molecule has 1 fully saturated rings. The first-order chi connectivity index (χ1) is 15.3. The van der Waals surface area contributed by atoms with Gasteiger partial charge in [0, 0.05) is 18.5 Å². The van der Waals surface area contributed by atoms with Gasteiger partial charge in [-0.05, 0) is 36.2 Å². The molecular formula is C20H19ClN6O4S. The van der Waals surface area contributed by atoms with Crippen molar-refractivity contribution >= 4 is 62.6 Å². The van der Waals surface area contributed by atoms with Crippen molar-refractivity contribution in [3.05, 3.63) is 46.6 Å². The van der Waals surface area contributed by atoms with Gasteiger partial charge in [-0.25, -0.2) is 14.8 Å². The predicted octanol–water partition coefficient (Wildman–Crippen LogP) is 2.65. The molecule has 0 saturated carbocycles. The van der Waals surface area contributed by atoms with Gasteiger partial charge < -0.3 is 20.6 Å². The highest BCUT2D eigenvalue weighted by atomic mass is 35.5. The van der Waals surface area contributed by atoms with Crippen molar-refractivity contribution in [2.45, 2.75) is 19.0 Å². The number of thiophene rings is 1. The molecular weight excluding hydrogens is 456 g/mol. The number of benzene rings is 1. The number of carboxylic acid groups (broad SMARTS) is 1. The maximum absolute atomic E-state index is 13.1. The van der Waals surface area contributed by atoms with Gasteiger partial charge in [-0.2, -0.15) is 0 Å². The highest BCUT2D eigenvalue weighted by Crippen LogP contribution is 2.27. The molecule has 4 N–H and O–H groups in total. The first-order valence-electron chi connectivity index (χ1n) is 9.64. The van der Waals surface area contributed by atoms with Crippen molar-refractivity contribution < 1.29 is 19.5 Å². The lowest BCUT2D eigenvalue weighted by atomic mass is 10.1. The molecule has 3 amide bonds. The molecule has 32 heavy (non-hydrogen) atoms. The second-order valence-electron chi connectivity index (χ2n) is 7.23. The smallest absolute Gasteiger partial charge is 0.323 e. The third-order valence-electron chi connectivity index (χ3n) is 5.12. The number of nitrogens with one attached hydrogen (secondary N) is 1. The fraction of sp³-hybridized carbons (Fsp3) is 0.250. The summed E-state index contributed by atoms with van der Waals surface area (Å²) in [7, 11) is 0. The lowest BCUT2D eigenvalue weighted by molar-refractivity contribution is -0.139. The number of hydrogen-bond donors (Lipinski definition) is 3. The van der Waals surface area contributed by atoms with E-state index in [0.29, 0.717) is 40.2 Å². The van der Waals surface area contributed by atoms with E-state index in [1.165, 1.54) is 6.33 Å². The lowest BCUT2D eigenvalue weighted by Crippen LogP contribution is -2.49. The van der Waals surface area contributed by atoms with Crippen molar-refractivity contribution in [1.29, 1.82) is 0 Å². The van der Waals surface area contributed by atoms with Crippen molar-refractivity contribution in [2.24, 2.45) is 0 Å². The zero-order valence-electron chi connectivity index (χ0n) is 16.7. The maximum atomic E-state index is 13.1. The van der Waals surface area contributed by atoms with Crippen LogP contribution in [0.15, 0.2) is 36.7 Å². The Hall–Kier alpha value is -3.44. The average Bonchev–Trinajstić information content (AvgIpc) is 3.31. The van der Waals surface area contributed by atoms with E-state index in [2.05, 4.69) is 15.3 Å². The maximum Gasteiger partial charge on any atom is 0.323 e. The summed E-state index contributed by atoms with van der Waals surface area (Å²) in [6.45, 7) is 0.0985. The number of anilines is 2. The van der Waals surface area contributed by atoms with Crippen LogP contribution in [-0.2, 0) is 16.1 Å². The van der Waals surface area contributed by atoms with Gasteiger partial charge in [0.2, 0.25) is 5.91 Å². The molecule has 12 heteroatoms. The predicted molar refractivity (Wildman–Crippen MR) is 120 cm³/mol. The summed E-state index contributed by atoms with van der Waals surface area (Å²) in [5.74, 6) is -1.14. The van der Waals surface area contributed by atoms with Crippen LogP contribution in [0.5, 0.6) is 0 Å². The Morgan fingerprint density at radius 1 is 1.31 bits per heavy atom. The molecule has 1 aliphatic heterocycles. The Morgan fingerprint density at radius 3 is 2.84 bits per heavy atom. The third kappa shape index (κ3) is 4.58. The van der Waals surface area contributed by atoms with Crippen LogP contribution in [0.2, 0.25) is 4.34 Å². The Bertz CT molecular complexity index is 1200. The molecule has 1 saturated heterocycles. The summed E-state index contributed by atoms with van der Waals surface area (Å²) >= 11 is 7.03. The Labute approximate surface area is 191 Å². The second-order valence-corrected chi connectivity index (χ2v) is 8.95. The molecule has 0 aliphatic carbocycles. The van der Waals surface area contributed by atoms with E-state index in [1.54, 1.807) is 23.1 Å². The van der Waals surface area contributed by atoms with Crippen LogP contribution in [0.4, 0.5) is 15.6 Å². The van der Waals surface area contributed by atoms with Gasteiger partial charge in [-0.15, -0.1) is 11.3 Å². The number of halogens is 1. The molecule has 0 radical (unpaired) electrons. The van der Waals surface area contributed by atoms with Crippen LogP contribution in [0.25, 0.3) is 10.9 Å². The molecule has 2 aromatic heterocycles. The minimum Gasteiger partial charge on any atom is -0.480 e. The third-order valence-corrected chi connectivity index (χ3v) is 6.27. The number of amides is 3. The van der Waals surface area contributed by atoms with E-state index in [0.717, 1.165) is 27.2 Å². The summed E-state index contributed by atoms with van der Waals surface area (Å²) in [6.07, 6.45) is 1.70. The SMILES string of the molecule is Nc1ncnc2cc(CN3CC[C@H](N(CC(=O)O)C(=O)Nc4ccc(Cl)s4)C3=O)ccc12. The number of aliphatic carboxylic acids is 1. The fourth-order valence-corrected chi connectivity index (χ4v) is 4.57. The summed E-state index contributed by atoms with van der Waals surface area (Å²) in [5, 5.41) is 13.1. The zero-order chi connectivity index (χ0) is 22.8. The Kier molecular flexibility index (Phi) is 6.10. The topological polar surface area (TPSA) is 142 Å². The molecule has 3 heterocycles. The van der Waals surface area contributed by atoms with Gasteiger partial charge >= 0.3 is 12.0 Å². The highest BCUT2D eigenvalue weighted by Gasteiger charge is 2.39. The number of fused-ring (bicyclic) bond motifs is 1. The molecule has 4 rings (SSSR count). The number of likely N-dealkylation sites (tertiary alicyclic amines) is 1. The van der Waals surface area contributed by atoms with E-state index < -0.39 is 24.6 Å². The van der Waals surface area contributed by atoms with E-state index in [-0.39, 0.29) is 5.91 Å². The second kappa shape index (κ2) is 8.97. The molecule has 1 aliphatic rings. The molecule has 0 unspecified atom stereocenters. The van der Waals surface area contributed by atoms with Gasteiger partial charge in [0.25, 0.3) is 0 Å². The van der Waals surface area contributed by atoms with Gasteiger partial charge in [0.05, 0.1) is 14.9 Å². The molecule has 0 bridgehead atoms. The molecule has 3 aromatic rings. The van der Waals surface area contributed by atoms with Crippen LogP contribution >= 0.6 is 22.9 Å². The van der Waals surface area contributed by atoms with Crippen LogP contribution < -0.4 is 11.1 Å². The molecule has 166 valence electrons. The van der Waals surface area contributed by atoms with Gasteiger partial charge in [0.1, 0.15) is 24.7 Å². The van der Waals surface area contributed by atoms with Crippen LogP contribution in [0.3, 0.4) is 0 Å². The summed E-state index contributed by atoms with van der Waals surface area (Å²) in [6, 6.07) is 7.16. The Balaban J connectivity index is 1.49. The molecule has 1 atom stereocenters. The summed E-state index contributed by atoms with van der Waals surface area (Å²) < 4.78 is 0.482. The lowest BCUT2D eigenvalue weighted by Gasteiger charge is -2.26. The zero-order valence-corrected chi connectivity index (χ0v) is 18.3. The highest BCUT2D eigenvalue weighted by molar-refractivity contribution is 7.20. The summed E-state index contributed by atoms with van der Waals surface area (Å²) in [4.78, 5) is 48.0. The summed E-state index contributed by atoms with van der Waals surface area (Å²) in [5.41, 5.74) is 7.36. The normalized spacial score (nSPS) is 15.8. The number of rotatable bonds is 6. The van der Waals surface area contributed by atoms with E-state index in [1.807, 2.05) is 12.1 Å². The largest absolute Gasteiger partial charge is 0.480 e. The van der Waals surface area contributed by atoms with Crippen molar-refractivity contribution in [2.75, 3.05) is 24.1 Å². The van der Waals surface area contributed by atoms with Crippen molar-refractivity contribution in [1.82, 2.24) is 19.8 Å². The minimum absolute atomic E-state index is 0.304. The standard InChI is InChI=1S/C20H19ClN6O4S/c21-15-3-4-16(32-15)25-20(31)27(9-17(28)29)14-5-6-26(19(14)30)8-11-1-2-12-13(7-11)23-10-24-18(12)22/h1-4,7,10,14H,5-6,8-9H2,(H,25,31)(H,28,29)(H2,22,23,24)/t14-/m0/s1. The average molecular weight is 475 g/mol. The number of carboxylic acids is 1. The van der Waals surface area contributed by atoms with Gasteiger partial charge in [-0.1, -0.05) is 17.7 Å². The van der Waals surface area contributed by atoms with E-state index >= 15 is 0 Å². The number of nitrogens with two attached hydrogens (primary N) is 1. The monoisotopic (exact) mass is 474 g/mol. The number of aromatic nitrogens is 2. The first kappa shape index (κ1) is 21.8. The van der Waals surface area contributed by atoms with Gasteiger partial charge in [-0.3, -0.25) is 14.9 Å². The fourth-order valence-electron chi connectivity index (χ4n) is 3.64. The number of carbonyl (C=O) groups is 3. The molecule has 0 spiro atoms. The van der Waals surface area contributed by atoms with Crippen molar-refractivity contribution in [3.63, 3.8) is 0 Å². The van der Waals surface area contributed by atoms with Crippen molar-refractivity contribution in [3.8, 4) is 0 Å². The van der Waals surface area contributed by atoms with E-state index in [9.17, 15) is 19.5 Å². The van der Waals surface area contributed by atoms with Gasteiger partial charge in [0.15, 0.2) is 0 Å². The van der Waals surface area contributed by atoms with E-state index in [4.69, 9.17) is 17.3 Å². The first-order valence-corrected chi connectivity index (χ1v) is 10.8. The van der Waals surface area contributed by atoms with Crippen LogP contribution in [0.1, 0.15) is 12.0 Å². The molecule has 1 aromatic carbocycles. The number of urea groups is 1. The quantitative estimate of drug-likeness (QED) is 0.498. The number of carbonyl (C=O) groups excluding carboxylic acids is 2. The number of nitrogens with zero attached hydrogens (tertiary/aromatic N) is 4. The van der Waals surface area contributed by atoms with Crippen LogP contribution in [-0.4, -0.2) is 61.9 Å². The number of hydrogen-bond acceptors (Lipinski definition) is 7.